The maximum absolute atomic E-state index is 11.3. The van der Waals surface area contributed by atoms with Gasteiger partial charge in [-0.1, -0.05) is 5.16 Å². The first-order chi connectivity index (χ1) is 6.65. The number of esters is 1. The summed E-state index contributed by atoms with van der Waals surface area (Å²) in [6.07, 6.45) is 1.24. The van der Waals surface area contributed by atoms with Crippen LogP contribution in [0.2, 0.25) is 0 Å². The van der Waals surface area contributed by atoms with Crippen LogP contribution >= 0.6 is 0 Å². The second-order valence-electron chi connectivity index (χ2n) is 2.91. The average molecular weight is 199 g/mol. The zero-order valence-corrected chi connectivity index (χ0v) is 8.44. The minimum Gasteiger partial charge on any atom is -0.485 e. The van der Waals surface area contributed by atoms with Crippen LogP contribution in [0.1, 0.15) is 31.3 Å². The summed E-state index contributed by atoms with van der Waals surface area (Å²) in [6.45, 7) is 5.72. The number of rotatable bonds is 4. The van der Waals surface area contributed by atoms with Gasteiger partial charge in [-0.3, -0.25) is 0 Å². The predicted octanol–water partition coefficient (Wildman–Crippen LogP) is 1.64. The number of ether oxygens (including phenoxy) is 2. The number of carbonyl (C=O) groups is 1. The molecule has 0 atom stereocenters. The van der Waals surface area contributed by atoms with Gasteiger partial charge in [-0.2, -0.15) is 0 Å². The van der Waals surface area contributed by atoms with E-state index >= 15 is 0 Å². The molecular formula is C9H13NO4. The van der Waals surface area contributed by atoms with Crippen molar-refractivity contribution in [1.29, 1.82) is 0 Å². The Morgan fingerprint density at radius 1 is 1.64 bits per heavy atom. The molecule has 5 nitrogen and oxygen atoms in total. The summed E-state index contributed by atoms with van der Waals surface area (Å²) in [4.78, 5) is 11.3. The molecule has 0 aliphatic carbocycles. The highest BCUT2D eigenvalue weighted by molar-refractivity contribution is 5.89. The minimum atomic E-state index is -0.531. The molecule has 0 N–H and O–H groups in total. The van der Waals surface area contributed by atoms with Gasteiger partial charge in [0.1, 0.15) is 0 Å². The van der Waals surface area contributed by atoms with Gasteiger partial charge in [-0.15, -0.1) is 0 Å². The van der Waals surface area contributed by atoms with Crippen LogP contribution in [0, 0.1) is 0 Å². The quantitative estimate of drug-likeness (QED) is 0.690. The summed E-state index contributed by atoms with van der Waals surface area (Å²) in [5.41, 5.74) is 0.0838. The van der Waals surface area contributed by atoms with E-state index in [-0.39, 0.29) is 11.8 Å². The van der Waals surface area contributed by atoms with Crippen molar-refractivity contribution in [2.75, 3.05) is 6.61 Å². The normalized spacial score (nSPS) is 10.3. The largest absolute Gasteiger partial charge is 0.485 e. The highest BCUT2D eigenvalue weighted by Crippen LogP contribution is 2.18. The Morgan fingerprint density at radius 3 is 2.93 bits per heavy atom. The zero-order valence-electron chi connectivity index (χ0n) is 8.44. The molecular weight excluding hydrogens is 186 g/mol. The van der Waals surface area contributed by atoms with E-state index in [0.717, 1.165) is 0 Å². The molecule has 5 heteroatoms. The Labute approximate surface area is 82.0 Å². The van der Waals surface area contributed by atoms with E-state index in [1.807, 2.05) is 13.8 Å². The summed E-state index contributed by atoms with van der Waals surface area (Å²) in [5, 5.41) is 3.51. The van der Waals surface area contributed by atoms with Gasteiger partial charge in [0.15, 0.2) is 12.0 Å². The zero-order chi connectivity index (χ0) is 10.6. The van der Waals surface area contributed by atoms with E-state index in [1.165, 1.54) is 6.26 Å². The van der Waals surface area contributed by atoms with Crippen molar-refractivity contribution in [3.05, 3.63) is 12.0 Å². The topological polar surface area (TPSA) is 61.6 Å². The van der Waals surface area contributed by atoms with E-state index in [1.54, 1.807) is 6.92 Å². The molecule has 1 aromatic heterocycles. The molecule has 0 saturated heterocycles. The third-order valence-corrected chi connectivity index (χ3v) is 1.37. The molecule has 0 amide bonds. The van der Waals surface area contributed by atoms with Crippen LogP contribution in [0.4, 0.5) is 0 Å². The number of aromatic nitrogens is 1. The molecule has 1 heterocycles. The van der Waals surface area contributed by atoms with Crippen molar-refractivity contribution in [2.24, 2.45) is 0 Å². The molecule has 0 radical (unpaired) electrons. The van der Waals surface area contributed by atoms with Crippen LogP contribution in [0.15, 0.2) is 10.8 Å². The Bertz CT molecular complexity index is 306. The van der Waals surface area contributed by atoms with Crippen LogP contribution in [-0.2, 0) is 4.74 Å². The maximum atomic E-state index is 11.3. The lowest BCUT2D eigenvalue weighted by Crippen LogP contribution is -2.11. The first-order valence-electron chi connectivity index (χ1n) is 4.43. The SMILES string of the molecule is CCOC(=O)c1nocc1OC(C)C. The minimum absolute atomic E-state index is 0.0393. The highest BCUT2D eigenvalue weighted by atomic mass is 16.5. The Balaban J connectivity index is 2.76. The van der Waals surface area contributed by atoms with Gasteiger partial charge >= 0.3 is 5.97 Å². The molecule has 0 spiro atoms. The van der Waals surface area contributed by atoms with E-state index in [2.05, 4.69) is 9.68 Å². The fourth-order valence-electron chi connectivity index (χ4n) is 0.903. The lowest BCUT2D eigenvalue weighted by molar-refractivity contribution is 0.0509. The van der Waals surface area contributed by atoms with Gasteiger partial charge < -0.3 is 14.0 Å². The highest BCUT2D eigenvalue weighted by Gasteiger charge is 2.19. The van der Waals surface area contributed by atoms with Crippen molar-refractivity contribution in [3.8, 4) is 5.75 Å². The molecule has 0 saturated carbocycles. The van der Waals surface area contributed by atoms with Crippen molar-refractivity contribution < 1.29 is 18.8 Å². The van der Waals surface area contributed by atoms with E-state index in [9.17, 15) is 4.79 Å². The number of hydrogen-bond acceptors (Lipinski definition) is 5. The number of hydrogen-bond donors (Lipinski definition) is 0. The van der Waals surface area contributed by atoms with Crippen molar-refractivity contribution in [2.45, 2.75) is 26.9 Å². The number of nitrogens with zero attached hydrogens (tertiary/aromatic N) is 1. The first kappa shape index (κ1) is 10.6. The predicted molar refractivity (Wildman–Crippen MR) is 48.2 cm³/mol. The van der Waals surface area contributed by atoms with Crippen LogP contribution in [0.25, 0.3) is 0 Å². The second kappa shape index (κ2) is 4.64. The lowest BCUT2D eigenvalue weighted by atomic mass is 10.4. The molecule has 0 aliphatic heterocycles. The fraction of sp³-hybridized carbons (Fsp3) is 0.556. The Kier molecular flexibility index (Phi) is 3.50. The smallest absolute Gasteiger partial charge is 0.364 e. The van der Waals surface area contributed by atoms with Gasteiger partial charge in [0.2, 0.25) is 5.69 Å². The van der Waals surface area contributed by atoms with E-state index in [0.29, 0.717) is 12.4 Å². The number of carbonyl (C=O) groups excluding carboxylic acids is 1. The van der Waals surface area contributed by atoms with Crippen LogP contribution in [0.5, 0.6) is 5.75 Å². The van der Waals surface area contributed by atoms with Gasteiger partial charge in [0.05, 0.1) is 12.7 Å². The molecule has 1 aromatic rings. The molecule has 14 heavy (non-hydrogen) atoms. The van der Waals surface area contributed by atoms with E-state index < -0.39 is 5.97 Å². The maximum Gasteiger partial charge on any atom is 0.364 e. The van der Waals surface area contributed by atoms with Crippen LogP contribution in [0.3, 0.4) is 0 Å². The molecule has 0 aliphatic rings. The standard InChI is InChI=1S/C9H13NO4/c1-4-12-9(11)8-7(5-13-10-8)14-6(2)3/h5-6H,4H2,1-3H3. The molecule has 78 valence electrons. The van der Waals surface area contributed by atoms with Crippen molar-refractivity contribution in [1.82, 2.24) is 5.16 Å². The second-order valence-corrected chi connectivity index (χ2v) is 2.91. The van der Waals surface area contributed by atoms with Crippen LogP contribution < -0.4 is 4.74 Å². The van der Waals surface area contributed by atoms with Crippen molar-refractivity contribution >= 4 is 5.97 Å². The Morgan fingerprint density at radius 2 is 2.36 bits per heavy atom. The van der Waals surface area contributed by atoms with Crippen molar-refractivity contribution in [3.63, 3.8) is 0 Å². The summed E-state index contributed by atoms with van der Waals surface area (Å²) >= 11 is 0. The van der Waals surface area contributed by atoms with Gasteiger partial charge in [-0.25, -0.2) is 4.79 Å². The summed E-state index contributed by atoms with van der Waals surface area (Å²) in [5.74, 6) is -0.213. The summed E-state index contributed by atoms with van der Waals surface area (Å²) in [6, 6.07) is 0. The molecule has 1 rings (SSSR count). The van der Waals surface area contributed by atoms with Gasteiger partial charge in [0, 0.05) is 0 Å². The third-order valence-electron chi connectivity index (χ3n) is 1.37. The Hall–Kier alpha value is -1.52. The molecule has 0 aromatic carbocycles. The first-order valence-corrected chi connectivity index (χ1v) is 4.43. The summed E-state index contributed by atoms with van der Waals surface area (Å²) < 4.78 is 14.7. The monoisotopic (exact) mass is 199 g/mol. The third kappa shape index (κ3) is 2.48. The fourth-order valence-corrected chi connectivity index (χ4v) is 0.903. The molecule has 0 unspecified atom stereocenters. The summed E-state index contributed by atoms with van der Waals surface area (Å²) in [7, 11) is 0. The molecule has 0 fully saturated rings. The van der Waals surface area contributed by atoms with Crippen LogP contribution in [-0.4, -0.2) is 23.8 Å². The van der Waals surface area contributed by atoms with E-state index in [4.69, 9.17) is 9.47 Å². The van der Waals surface area contributed by atoms with Gasteiger partial charge in [0.25, 0.3) is 0 Å². The lowest BCUT2D eigenvalue weighted by Gasteiger charge is -2.07. The average Bonchev–Trinajstić information content (AvgIpc) is 2.51. The molecule has 0 bridgehead atoms. The van der Waals surface area contributed by atoms with Gasteiger partial charge in [-0.05, 0) is 20.8 Å².